The molecule has 14 heavy (non-hydrogen) atoms. The number of carboxylic acid groups (broad SMARTS) is 1. The molecule has 0 bridgehead atoms. The van der Waals surface area contributed by atoms with E-state index in [-0.39, 0.29) is 5.15 Å². The number of fused-ring (bicyclic) bond motifs is 1. The molecule has 0 atom stereocenters. The topological polar surface area (TPSA) is 54.6 Å². The van der Waals surface area contributed by atoms with Crippen molar-refractivity contribution in [2.24, 2.45) is 0 Å². The highest BCUT2D eigenvalue weighted by Gasteiger charge is 2.12. The normalized spacial score (nSPS) is 10.7. The van der Waals surface area contributed by atoms with E-state index < -0.39 is 17.3 Å². The Kier molecular flexibility index (Phi) is 1.89. The summed E-state index contributed by atoms with van der Waals surface area (Å²) in [4.78, 5) is 14.4. The summed E-state index contributed by atoms with van der Waals surface area (Å²) < 4.78 is 14.4. The molecule has 0 aliphatic carbocycles. The van der Waals surface area contributed by atoms with Crippen LogP contribution in [-0.2, 0) is 0 Å². The van der Waals surface area contributed by atoms with Crippen molar-refractivity contribution in [1.82, 2.24) is 9.38 Å². The van der Waals surface area contributed by atoms with Crippen LogP contribution < -0.4 is 0 Å². The van der Waals surface area contributed by atoms with Crippen molar-refractivity contribution in [2.75, 3.05) is 0 Å². The second kappa shape index (κ2) is 2.95. The van der Waals surface area contributed by atoms with Gasteiger partial charge in [-0.25, -0.2) is 14.2 Å². The van der Waals surface area contributed by atoms with Crippen molar-refractivity contribution in [3.05, 3.63) is 35.0 Å². The van der Waals surface area contributed by atoms with Crippen molar-refractivity contribution >= 4 is 23.2 Å². The van der Waals surface area contributed by atoms with E-state index in [4.69, 9.17) is 16.7 Å². The Balaban J connectivity index is 2.76. The molecule has 0 aliphatic rings. The Hall–Kier alpha value is -1.62. The first-order valence-electron chi connectivity index (χ1n) is 3.65. The molecule has 6 heteroatoms. The van der Waals surface area contributed by atoms with Crippen molar-refractivity contribution in [3.63, 3.8) is 0 Å². The summed E-state index contributed by atoms with van der Waals surface area (Å²) >= 11 is 5.57. The third-order valence-corrected chi connectivity index (χ3v) is 1.93. The molecule has 0 saturated carbocycles. The molecule has 0 fully saturated rings. The van der Waals surface area contributed by atoms with E-state index in [1.807, 2.05) is 0 Å². The number of aromatic carboxylic acids is 1. The van der Waals surface area contributed by atoms with Crippen molar-refractivity contribution in [2.45, 2.75) is 0 Å². The van der Waals surface area contributed by atoms with E-state index in [0.717, 1.165) is 12.3 Å². The summed E-state index contributed by atoms with van der Waals surface area (Å²) in [5.74, 6) is -2.15. The molecule has 0 radical (unpaired) electrons. The van der Waals surface area contributed by atoms with Gasteiger partial charge in [0.2, 0.25) is 0 Å². The molecule has 0 unspecified atom stereocenters. The molecule has 2 aromatic heterocycles. The quantitative estimate of drug-likeness (QED) is 0.788. The highest BCUT2D eigenvalue weighted by molar-refractivity contribution is 6.29. The van der Waals surface area contributed by atoms with Crippen LogP contribution >= 0.6 is 11.6 Å². The van der Waals surface area contributed by atoms with Crippen LogP contribution in [0.4, 0.5) is 4.39 Å². The molecule has 0 spiro atoms. The van der Waals surface area contributed by atoms with Crippen molar-refractivity contribution < 1.29 is 14.3 Å². The third kappa shape index (κ3) is 1.31. The molecule has 0 aliphatic heterocycles. The number of carboxylic acids is 1. The smallest absolute Gasteiger partial charge is 0.338 e. The van der Waals surface area contributed by atoms with E-state index in [2.05, 4.69) is 4.98 Å². The Morgan fingerprint density at radius 2 is 2.29 bits per heavy atom. The monoisotopic (exact) mass is 214 g/mol. The number of hydrogen-bond acceptors (Lipinski definition) is 2. The van der Waals surface area contributed by atoms with E-state index in [0.29, 0.717) is 5.65 Å². The zero-order valence-corrected chi connectivity index (χ0v) is 7.49. The van der Waals surface area contributed by atoms with Gasteiger partial charge in [-0.1, -0.05) is 11.6 Å². The summed E-state index contributed by atoms with van der Waals surface area (Å²) in [7, 11) is 0. The minimum absolute atomic E-state index is 0.187. The number of rotatable bonds is 1. The third-order valence-electron chi connectivity index (χ3n) is 1.75. The van der Waals surface area contributed by atoms with Crippen LogP contribution in [0.1, 0.15) is 10.4 Å². The molecule has 0 aromatic carbocycles. The number of imidazole rings is 1. The summed E-state index contributed by atoms with van der Waals surface area (Å²) in [6.07, 6.45) is 2.42. The van der Waals surface area contributed by atoms with Gasteiger partial charge < -0.3 is 9.51 Å². The molecule has 2 aromatic rings. The van der Waals surface area contributed by atoms with E-state index >= 15 is 0 Å². The van der Waals surface area contributed by atoms with Gasteiger partial charge in [0, 0.05) is 12.4 Å². The minimum Gasteiger partial charge on any atom is -0.478 e. The first-order chi connectivity index (χ1) is 6.58. The zero-order chi connectivity index (χ0) is 10.3. The molecule has 4 nitrogen and oxygen atoms in total. The Morgan fingerprint density at radius 1 is 1.57 bits per heavy atom. The average Bonchev–Trinajstić information content (AvgIpc) is 2.42. The molecule has 0 saturated heterocycles. The zero-order valence-electron chi connectivity index (χ0n) is 6.74. The highest BCUT2D eigenvalue weighted by atomic mass is 35.5. The van der Waals surface area contributed by atoms with Crippen LogP contribution in [0.5, 0.6) is 0 Å². The maximum Gasteiger partial charge on any atom is 0.338 e. The van der Waals surface area contributed by atoms with Crippen LogP contribution in [0.2, 0.25) is 5.15 Å². The molecule has 2 rings (SSSR count). The molecule has 0 amide bonds. The van der Waals surface area contributed by atoms with E-state index in [1.165, 1.54) is 10.6 Å². The SMILES string of the molecule is O=C(O)c1cc2nc(Cl)cn2cc1F. The average molecular weight is 215 g/mol. The fraction of sp³-hybridized carbons (Fsp3) is 0. The van der Waals surface area contributed by atoms with Gasteiger partial charge >= 0.3 is 5.97 Å². The van der Waals surface area contributed by atoms with Gasteiger partial charge in [0.15, 0.2) is 5.82 Å². The lowest BCUT2D eigenvalue weighted by Crippen LogP contribution is -2.02. The number of hydrogen-bond donors (Lipinski definition) is 1. The van der Waals surface area contributed by atoms with Gasteiger partial charge in [-0.2, -0.15) is 0 Å². The summed E-state index contributed by atoms with van der Waals surface area (Å²) in [5.41, 5.74) is -0.117. The molecular weight excluding hydrogens is 211 g/mol. The maximum absolute atomic E-state index is 13.1. The number of aromatic nitrogens is 2. The summed E-state index contributed by atoms with van der Waals surface area (Å²) in [6.45, 7) is 0. The lowest BCUT2D eigenvalue weighted by Gasteiger charge is -1.97. The van der Waals surface area contributed by atoms with Crippen LogP contribution in [0, 0.1) is 5.82 Å². The number of halogens is 2. The molecule has 1 N–H and O–H groups in total. The van der Waals surface area contributed by atoms with Gasteiger partial charge in [0.25, 0.3) is 0 Å². The molecular formula is C8H4ClFN2O2. The standard InChI is InChI=1S/C8H4ClFN2O2/c9-6-3-12-2-5(10)4(8(13)14)1-7(12)11-6/h1-3H,(H,13,14). The Morgan fingerprint density at radius 3 is 2.93 bits per heavy atom. The molecule has 72 valence electrons. The predicted octanol–water partition coefficient (Wildman–Crippen LogP) is 1.82. The number of carbonyl (C=O) groups is 1. The predicted molar refractivity (Wildman–Crippen MR) is 47.1 cm³/mol. The maximum atomic E-state index is 13.1. The first-order valence-corrected chi connectivity index (χ1v) is 4.03. The van der Waals surface area contributed by atoms with Gasteiger partial charge in [0.05, 0.1) is 0 Å². The van der Waals surface area contributed by atoms with Crippen molar-refractivity contribution in [1.29, 1.82) is 0 Å². The summed E-state index contributed by atoms with van der Waals surface area (Å²) in [5, 5.41) is 8.81. The minimum atomic E-state index is -1.33. The summed E-state index contributed by atoms with van der Waals surface area (Å²) in [6, 6.07) is 1.13. The number of nitrogens with zero attached hydrogens (tertiary/aromatic N) is 2. The Bertz CT molecular complexity index is 523. The fourth-order valence-corrected chi connectivity index (χ4v) is 1.33. The largest absolute Gasteiger partial charge is 0.478 e. The fourth-order valence-electron chi connectivity index (χ4n) is 1.14. The highest BCUT2D eigenvalue weighted by Crippen LogP contribution is 2.14. The van der Waals surface area contributed by atoms with Crippen LogP contribution in [0.3, 0.4) is 0 Å². The lowest BCUT2D eigenvalue weighted by molar-refractivity contribution is 0.0692. The van der Waals surface area contributed by atoms with Crippen LogP contribution in [0.25, 0.3) is 5.65 Å². The van der Waals surface area contributed by atoms with Gasteiger partial charge in [-0.3, -0.25) is 0 Å². The van der Waals surface area contributed by atoms with Gasteiger partial charge in [-0.05, 0) is 6.07 Å². The lowest BCUT2D eigenvalue weighted by atomic mass is 10.2. The van der Waals surface area contributed by atoms with Crippen LogP contribution in [0.15, 0.2) is 18.5 Å². The van der Waals surface area contributed by atoms with E-state index in [1.54, 1.807) is 0 Å². The van der Waals surface area contributed by atoms with Crippen LogP contribution in [-0.4, -0.2) is 20.5 Å². The Labute approximate surface area is 82.6 Å². The van der Waals surface area contributed by atoms with Gasteiger partial charge in [0.1, 0.15) is 16.4 Å². The van der Waals surface area contributed by atoms with Crippen molar-refractivity contribution in [3.8, 4) is 0 Å². The first kappa shape index (κ1) is 8.96. The van der Waals surface area contributed by atoms with E-state index in [9.17, 15) is 9.18 Å². The van der Waals surface area contributed by atoms with Gasteiger partial charge in [-0.15, -0.1) is 0 Å². The second-order valence-electron chi connectivity index (χ2n) is 2.67. The molecule has 2 heterocycles. The second-order valence-corrected chi connectivity index (χ2v) is 3.06. The number of pyridine rings is 1.